The Labute approximate surface area is 140 Å². The first-order valence-electron chi connectivity index (χ1n) is 7.11. The van der Waals surface area contributed by atoms with Gasteiger partial charge in [0, 0.05) is 24.2 Å². The van der Waals surface area contributed by atoms with Crippen molar-refractivity contribution in [2.75, 3.05) is 25.5 Å². The number of hydrogen-bond donors (Lipinski definition) is 2. The summed E-state index contributed by atoms with van der Waals surface area (Å²) in [5.41, 5.74) is 1.72. The van der Waals surface area contributed by atoms with E-state index in [1.807, 2.05) is 54.8 Å². The van der Waals surface area contributed by atoms with Gasteiger partial charge in [-0.2, -0.15) is 0 Å². The highest BCUT2D eigenvalue weighted by molar-refractivity contribution is 7.98. The summed E-state index contributed by atoms with van der Waals surface area (Å²) in [5, 5.41) is 5.65. The van der Waals surface area contributed by atoms with Crippen LogP contribution in [0.4, 0.5) is 10.5 Å². The van der Waals surface area contributed by atoms with E-state index in [0.717, 1.165) is 16.1 Å². The van der Waals surface area contributed by atoms with Gasteiger partial charge in [0.25, 0.3) is 0 Å². The molecule has 5 nitrogen and oxygen atoms in total. The highest BCUT2D eigenvalue weighted by atomic mass is 32.2. The Morgan fingerprint density at radius 3 is 2.78 bits per heavy atom. The van der Waals surface area contributed by atoms with E-state index in [0.29, 0.717) is 12.3 Å². The number of carbonyl (C=O) groups excluding carboxylic acids is 1. The number of methoxy groups -OCH3 is 1. The van der Waals surface area contributed by atoms with Crippen LogP contribution >= 0.6 is 11.8 Å². The van der Waals surface area contributed by atoms with Gasteiger partial charge >= 0.3 is 6.03 Å². The number of hydrogen-bond acceptors (Lipinski definition) is 4. The summed E-state index contributed by atoms with van der Waals surface area (Å²) in [4.78, 5) is 13.1. The highest BCUT2D eigenvalue weighted by Crippen LogP contribution is 2.19. The van der Waals surface area contributed by atoms with Crippen LogP contribution in [0, 0.1) is 0 Å². The molecule has 2 amide bonds. The van der Waals surface area contributed by atoms with Gasteiger partial charge in [-0.15, -0.1) is 11.8 Å². The minimum Gasteiger partial charge on any atom is -0.468 e. The van der Waals surface area contributed by atoms with Gasteiger partial charge in [0.2, 0.25) is 0 Å². The molecule has 0 atom stereocenters. The normalized spacial score (nSPS) is 10.2. The average molecular weight is 332 g/mol. The summed E-state index contributed by atoms with van der Waals surface area (Å²) in [7, 11) is 1.57. The molecule has 0 aliphatic carbocycles. The van der Waals surface area contributed by atoms with E-state index in [-0.39, 0.29) is 12.8 Å². The first-order chi connectivity index (χ1) is 11.2. The average Bonchev–Trinajstić information content (AvgIpc) is 2.58. The molecule has 0 aliphatic heterocycles. The summed E-state index contributed by atoms with van der Waals surface area (Å²) < 4.78 is 10.2. The van der Waals surface area contributed by atoms with Crippen LogP contribution in [0.3, 0.4) is 0 Å². The molecule has 2 aromatic rings. The molecule has 0 unspecified atom stereocenters. The van der Waals surface area contributed by atoms with Crippen molar-refractivity contribution >= 4 is 23.5 Å². The number of thioether (sulfide) groups is 1. The predicted octanol–water partition coefficient (Wildman–Crippen LogP) is 3.71. The SMILES string of the molecule is COCOc1cccc(CNC(=O)Nc2cccc(SC)c2)c1. The second-order valence-electron chi connectivity index (χ2n) is 4.74. The number of amides is 2. The van der Waals surface area contributed by atoms with Crippen LogP contribution in [0.15, 0.2) is 53.4 Å². The Balaban J connectivity index is 1.86. The molecule has 2 aromatic carbocycles. The molecule has 0 saturated heterocycles. The lowest BCUT2D eigenvalue weighted by Gasteiger charge is -2.10. The molecule has 0 bridgehead atoms. The zero-order valence-corrected chi connectivity index (χ0v) is 14.0. The number of rotatable bonds is 7. The number of urea groups is 1. The quantitative estimate of drug-likeness (QED) is 0.599. The van der Waals surface area contributed by atoms with E-state index >= 15 is 0 Å². The van der Waals surface area contributed by atoms with Crippen molar-refractivity contribution in [1.82, 2.24) is 5.32 Å². The molecule has 0 fully saturated rings. The van der Waals surface area contributed by atoms with Crippen molar-refractivity contribution in [3.05, 3.63) is 54.1 Å². The molecular formula is C17H20N2O3S. The van der Waals surface area contributed by atoms with Gasteiger partial charge in [-0.25, -0.2) is 4.79 Å². The molecule has 2 rings (SSSR count). The van der Waals surface area contributed by atoms with E-state index in [9.17, 15) is 4.79 Å². The van der Waals surface area contributed by atoms with Gasteiger partial charge in [0.05, 0.1) is 0 Å². The smallest absolute Gasteiger partial charge is 0.319 e. The van der Waals surface area contributed by atoms with E-state index in [2.05, 4.69) is 10.6 Å². The first kappa shape index (κ1) is 17.2. The summed E-state index contributed by atoms with van der Waals surface area (Å²) in [6.45, 7) is 0.612. The Bertz CT molecular complexity index is 649. The number of carbonyl (C=O) groups is 1. The predicted molar refractivity (Wildman–Crippen MR) is 93.0 cm³/mol. The fourth-order valence-electron chi connectivity index (χ4n) is 1.93. The van der Waals surface area contributed by atoms with Crippen molar-refractivity contribution in [3.8, 4) is 5.75 Å². The second kappa shape index (κ2) is 9.07. The number of nitrogens with one attached hydrogen (secondary N) is 2. The van der Waals surface area contributed by atoms with Crippen molar-refractivity contribution < 1.29 is 14.3 Å². The largest absolute Gasteiger partial charge is 0.468 e. The highest BCUT2D eigenvalue weighted by Gasteiger charge is 2.03. The molecule has 0 radical (unpaired) electrons. The van der Waals surface area contributed by atoms with Crippen LogP contribution < -0.4 is 15.4 Å². The lowest BCUT2D eigenvalue weighted by Crippen LogP contribution is -2.28. The van der Waals surface area contributed by atoms with Crippen molar-refractivity contribution in [1.29, 1.82) is 0 Å². The fraction of sp³-hybridized carbons (Fsp3) is 0.235. The molecular weight excluding hydrogens is 312 g/mol. The molecule has 0 aromatic heterocycles. The van der Waals surface area contributed by atoms with Gasteiger partial charge in [0.15, 0.2) is 6.79 Å². The Morgan fingerprint density at radius 1 is 1.17 bits per heavy atom. The lowest BCUT2D eigenvalue weighted by atomic mass is 10.2. The Hall–Kier alpha value is -2.18. The molecule has 122 valence electrons. The maximum atomic E-state index is 12.0. The summed E-state index contributed by atoms with van der Waals surface area (Å²) in [6, 6.07) is 15.0. The van der Waals surface area contributed by atoms with Crippen LogP contribution in [0.1, 0.15) is 5.56 Å². The van der Waals surface area contributed by atoms with Gasteiger partial charge in [-0.3, -0.25) is 0 Å². The van der Waals surface area contributed by atoms with Crippen LogP contribution in [0.25, 0.3) is 0 Å². The maximum Gasteiger partial charge on any atom is 0.319 e. The van der Waals surface area contributed by atoms with Crippen LogP contribution in [0.5, 0.6) is 5.75 Å². The van der Waals surface area contributed by atoms with Crippen molar-refractivity contribution in [2.45, 2.75) is 11.4 Å². The fourth-order valence-corrected chi connectivity index (χ4v) is 2.39. The second-order valence-corrected chi connectivity index (χ2v) is 5.62. The molecule has 0 saturated carbocycles. The number of benzene rings is 2. The van der Waals surface area contributed by atoms with E-state index in [1.165, 1.54) is 0 Å². The lowest BCUT2D eigenvalue weighted by molar-refractivity contribution is 0.0511. The van der Waals surface area contributed by atoms with Gasteiger partial charge in [0.1, 0.15) is 5.75 Å². The summed E-state index contributed by atoms with van der Waals surface area (Å²) >= 11 is 1.63. The van der Waals surface area contributed by atoms with Gasteiger partial charge in [-0.05, 0) is 42.2 Å². The van der Waals surface area contributed by atoms with Crippen molar-refractivity contribution in [3.63, 3.8) is 0 Å². The van der Waals surface area contributed by atoms with Gasteiger partial charge < -0.3 is 20.1 Å². The summed E-state index contributed by atoms with van der Waals surface area (Å²) in [5.74, 6) is 0.708. The molecule has 0 spiro atoms. The third kappa shape index (κ3) is 5.84. The zero-order valence-electron chi connectivity index (χ0n) is 13.2. The minimum atomic E-state index is -0.244. The third-order valence-corrected chi connectivity index (χ3v) is 3.75. The monoisotopic (exact) mass is 332 g/mol. The van der Waals surface area contributed by atoms with Gasteiger partial charge in [-0.1, -0.05) is 18.2 Å². The summed E-state index contributed by atoms with van der Waals surface area (Å²) in [6.07, 6.45) is 2.00. The Morgan fingerprint density at radius 2 is 2.00 bits per heavy atom. The first-order valence-corrected chi connectivity index (χ1v) is 8.33. The molecule has 23 heavy (non-hydrogen) atoms. The number of ether oxygens (including phenoxy) is 2. The van der Waals surface area contributed by atoms with Crippen molar-refractivity contribution in [2.24, 2.45) is 0 Å². The molecule has 0 heterocycles. The zero-order chi connectivity index (χ0) is 16.5. The standard InChI is InChI=1S/C17H20N2O3S/c1-21-12-22-15-7-3-5-13(9-15)11-18-17(20)19-14-6-4-8-16(10-14)23-2/h3-10H,11-12H2,1-2H3,(H2,18,19,20). The third-order valence-electron chi connectivity index (χ3n) is 3.02. The van der Waals surface area contributed by atoms with E-state index in [1.54, 1.807) is 18.9 Å². The van der Waals surface area contributed by atoms with Crippen LogP contribution in [0.2, 0.25) is 0 Å². The maximum absolute atomic E-state index is 12.0. The van der Waals surface area contributed by atoms with E-state index < -0.39 is 0 Å². The number of anilines is 1. The van der Waals surface area contributed by atoms with Crippen LogP contribution in [-0.4, -0.2) is 26.2 Å². The molecule has 2 N–H and O–H groups in total. The topological polar surface area (TPSA) is 59.6 Å². The van der Waals surface area contributed by atoms with E-state index in [4.69, 9.17) is 9.47 Å². The van der Waals surface area contributed by atoms with Crippen LogP contribution in [-0.2, 0) is 11.3 Å². The molecule has 6 heteroatoms. The molecule has 0 aliphatic rings. The minimum absolute atomic E-state index is 0.198. The Kier molecular flexibility index (Phi) is 6.77.